The molecule has 1 aliphatic carbocycles. The number of rotatable bonds is 4. The molecule has 3 atom stereocenters. The molecule has 0 spiro atoms. The van der Waals surface area contributed by atoms with Gasteiger partial charge in [0.1, 0.15) is 5.78 Å². The summed E-state index contributed by atoms with van der Waals surface area (Å²) < 4.78 is 0. The van der Waals surface area contributed by atoms with Crippen molar-refractivity contribution in [2.75, 3.05) is 6.54 Å². The molecule has 0 aromatic carbocycles. The first-order chi connectivity index (χ1) is 6.91. The van der Waals surface area contributed by atoms with Gasteiger partial charge in [0.25, 0.3) is 0 Å². The molecule has 1 aliphatic rings. The quantitative estimate of drug-likeness (QED) is 0.452. The van der Waals surface area contributed by atoms with Gasteiger partial charge in [-0.25, -0.2) is 0 Å². The molecule has 0 N–H and O–H groups in total. The Morgan fingerprint density at radius 1 is 1.60 bits per heavy atom. The molecular formula is C9H12NO5-. The summed E-state index contributed by atoms with van der Waals surface area (Å²) in [4.78, 5) is 31.7. The highest BCUT2D eigenvalue weighted by Gasteiger charge is 2.42. The molecule has 0 amide bonds. The highest BCUT2D eigenvalue weighted by molar-refractivity contribution is 5.87. The van der Waals surface area contributed by atoms with Crippen LogP contribution in [-0.4, -0.2) is 23.2 Å². The van der Waals surface area contributed by atoms with Crippen molar-refractivity contribution >= 4 is 11.8 Å². The fourth-order valence-electron chi connectivity index (χ4n) is 2.18. The monoisotopic (exact) mass is 214 g/mol. The van der Waals surface area contributed by atoms with Gasteiger partial charge >= 0.3 is 0 Å². The van der Waals surface area contributed by atoms with Gasteiger partial charge in [0, 0.05) is 29.1 Å². The Labute approximate surface area is 86.4 Å². The van der Waals surface area contributed by atoms with Crippen molar-refractivity contribution < 1.29 is 19.6 Å². The minimum absolute atomic E-state index is 0.118. The predicted octanol–water partition coefficient (Wildman–Crippen LogP) is -0.756. The van der Waals surface area contributed by atoms with Crippen LogP contribution < -0.4 is 5.11 Å². The number of carbonyl (C=O) groups is 2. The number of aliphatic carboxylic acids is 1. The zero-order valence-corrected chi connectivity index (χ0v) is 8.34. The number of ketones is 1. The third kappa shape index (κ3) is 2.74. The summed E-state index contributed by atoms with van der Waals surface area (Å²) in [5.74, 6) is -2.85. The van der Waals surface area contributed by atoms with Crippen molar-refractivity contribution in [2.24, 2.45) is 17.8 Å². The number of nitro groups is 1. The summed E-state index contributed by atoms with van der Waals surface area (Å²) in [5, 5.41) is 20.8. The number of carboxylic acids is 1. The van der Waals surface area contributed by atoms with Crippen molar-refractivity contribution in [1.29, 1.82) is 0 Å². The first-order valence-electron chi connectivity index (χ1n) is 4.76. The molecule has 0 aliphatic heterocycles. The van der Waals surface area contributed by atoms with Gasteiger partial charge in [-0.1, -0.05) is 6.92 Å². The van der Waals surface area contributed by atoms with Gasteiger partial charge in [-0.15, -0.1) is 0 Å². The zero-order valence-electron chi connectivity index (χ0n) is 8.34. The molecule has 0 heterocycles. The van der Waals surface area contributed by atoms with Crippen LogP contribution in [0.2, 0.25) is 0 Å². The summed E-state index contributed by atoms with van der Waals surface area (Å²) in [5.41, 5.74) is 0. The van der Waals surface area contributed by atoms with Crippen LogP contribution in [0.25, 0.3) is 0 Å². The van der Waals surface area contributed by atoms with Crippen molar-refractivity contribution in [1.82, 2.24) is 0 Å². The number of carbonyl (C=O) groups excluding carboxylic acids is 2. The maximum absolute atomic E-state index is 11.4. The first-order valence-corrected chi connectivity index (χ1v) is 4.76. The Morgan fingerprint density at radius 2 is 2.20 bits per heavy atom. The lowest BCUT2D eigenvalue weighted by atomic mass is 9.88. The molecule has 6 heteroatoms. The standard InChI is InChI=1S/C9H13NO5/c1-5-2-8(11)6(3-9(12)13)7(5)4-10(14)15/h5-7H,2-4H2,1H3,(H,12,13)/p-1/t5-,6-,7-/m0/s1. The van der Waals surface area contributed by atoms with Crippen LogP contribution in [0.15, 0.2) is 0 Å². The van der Waals surface area contributed by atoms with E-state index >= 15 is 0 Å². The van der Waals surface area contributed by atoms with Gasteiger partial charge in [0.15, 0.2) is 0 Å². The van der Waals surface area contributed by atoms with Gasteiger partial charge < -0.3 is 9.90 Å². The third-order valence-electron chi connectivity index (χ3n) is 2.93. The Bertz CT molecular complexity index is 301. The zero-order chi connectivity index (χ0) is 11.6. The number of hydrogen-bond donors (Lipinski definition) is 0. The molecule has 0 unspecified atom stereocenters. The lowest BCUT2D eigenvalue weighted by Gasteiger charge is -2.17. The van der Waals surface area contributed by atoms with E-state index in [9.17, 15) is 24.8 Å². The summed E-state index contributed by atoms with van der Waals surface area (Å²) in [6.07, 6.45) is -0.169. The van der Waals surface area contributed by atoms with E-state index in [1.807, 2.05) is 0 Å². The number of Topliss-reactive ketones (excluding diaryl/α,β-unsaturated/α-hetero) is 1. The highest BCUT2D eigenvalue weighted by Crippen LogP contribution is 2.36. The number of carboxylic acid groups (broad SMARTS) is 1. The van der Waals surface area contributed by atoms with Crippen LogP contribution in [0.1, 0.15) is 19.8 Å². The Balaban J connectivity index is 2.75. The summed E-state index contributed by atoms with van der Waals surface area (Å²) in [6, 6.07) is 0. The van der Waals surface area contributed by atoms with E-state index in [1.54, 1.807) is 6.92 Å². The van der Waals surface area contributed by atoms with Crippen LogP contribution in [0.4, 0.5) is 0 Å². The molecule has 0 aromatic rings. The molecular weight excluding hydrogens is 202 g/mol. The van der Waals surface area contributed by atoms with E-state index in [2.05, 4.69) is 0 Å². The Morgan fingerprint density at radius 3 is 2.67 bits per heavy atom. The van der Waals surface area contributed by atoms with E-state index in [4.69, 9.17) is 0 Å². The van der Waals surface area contributed by atoms with Crippen LogP contribution in [0.3, 0.4) is 0 Å². The molecule has 1 fully saturated rings. The van der Waals surface area contributed by atoms with Crippen molar-refractivity contribution in [3.8, 4) is 0 Å². The third-order valence-corrected chi connectivity index (χ3v) is 2.93. The predicted molar refractivity (Wildman–Crippen MR) is 47.3 cm³/mol. The molecule has 0 aromatic heterocycles. The smallest absolute Gasteiger partial charge is 0.207 e. The van der Waals surface area contributed by atoms with Crippen LogP contribution in [0.5, 0.6) is 0 Å². The van der Waals surface area contributed by atoms with Crippen LogP contribution >= 0.6 is 0 Å². The van der Waals surface area contributed by atoms with E-state index in [0.717, 1.165) is 0 Å². The van der Waals surface area contributed by atoms with E-state index in [0.29, 0.717) is 0 Å². The van der Waals surface area contributed by atoms with Gasteiger partial charge in [0.2, 0.25) is 6.54 Å². The number of hydrogen-bond acceptors (Lipinski definition) is 5. The fraction of sp³-hybridized carbons (Fsp3) is 0.778. The minimum atomic E-state index is -1.32. The Hall–Kier alpha value is -1.46. The molecule has 84 valence electrons. The molecule has 0 radical (unpaired) electrons. The summed E-state index contributed by atoms with van der Waals surface area (Å²) >= 11 is 0. The molecule has 1 rings (SSSR count). The summed E-state index contributed by atoms with van der Waals surface area (Å²) in [6.45, 7) is 1.40. The van der Waals surface area contributed by atoms with Gasteiger partial charge in [0.05, 0.1) is 0 Å². The molecule has 0 saturated heterocycles. The lowest BCUT2D eigenvalue weighted by molar-refractivity contribution is -0.490. The maximum Gasteiger partial charge on any atom is 0.207 e. The van der Waals surface area contributed by atoms with E-state index < -0.39 is 29.1 Å². The van der Waals surface area contributed by atoms with Gasteiger partial charge in [-0.05, 0) is 12.3 Å². The molecule has 1 saturated carbocycles. The average molecular weight is 214 g/mol. The van der Waals surface area contributed by atoms with Crippen molar-refractivity contribution in [3.05, 3.63) is 10.1 Å². The molecule has 6 nitrogen and oxygen atoms in total. The van der Waals surface area contributed by atoms with Gasteiger partial charge in [-0.2, -0.15) is 0 Å². The minimum Gasteiger partial charge on any atom is -0.550 e. The number of nitrogens with zero attached hydrogens (tertiary/aromatic N) is 1. The van der Waals surface area contributed by atoms with Crippen LogP contribution in [-0.2, 0) is 9.59 Å². The molecule has 15 heavy (non-hydrogen) atoms. The van der Waals surface area contributed by atoms with Gasteiger partial charge in [-0.3, -0.25) is 14.9 Å². The van der Waals surface area contributed by atoms with E-state index in [-0.39, 0.29) is 24.7 Å². The lowest BCUT2D eigenvalue weighted by Crippen LogP contribution is -2.32. The first kappa shape index (κ1) is 11.6. The second kappa shape index (κ2) is 4.37. The topological polar surface area (TPSA) is 100 Å². The van der Waals surface area contributed by atoms with Crippen molar-refractivity contribution in [2.45, 2.75) is 19.8 Å². The second-order valence-corrected chi connectivity index (χ2v) is 4.01. The van der Waals surface area contributed by atoms with Crippen LogP contribution in [0, 0.1) is 27.9 Å². The largest absolute Gasteiger partial charge is 0.550 e. The van der Waals surface area contributed by atoms with E-state index in [1.165, 1.54) is 0 Å². The highest BCUT2D eigenvalue weighted by atomic mass is 16.6. The normalized spacial score (nSPS) is 30.5. The SMILES string of the molecule is C[C@H]1CC(=O)[C@@H](CC(=O)[O-])[C@H]1C[N+](=O)[O-]. The Kier molecular flexibility index (Phi) is 3.39. The second-order valence-electron chi connectivity index (χ2n) is 4.01. The average Bonchev–Trinajstić information content (AvgIpc) is 2.30. The summed E-state index contributed by atoms with van der Waals surface area (Å²) in [7, 11) is 0. The van der Waals surface area contributed by atoms with Crippen molar-refractivity contribution in [3.63, 3.8) is 0 Å². The molecule has 0 bridgehead atoms. The fourth-order valence-corrected chi connectivity index (χ4v) is 2.18. The maximum atomic E-state index is 11.4.